The third-order valence-electron chi connectivity index (χ3n) is 5.09. The first-order valence-electron chi connectivity index (χ1n) is 9.02. The molecule has 1 N–H and O–H groups in total. The average molecular weight is 335 g/mol. The summed E-state index contributed by atoms with van der Waals surface area (Å²) in [6.07, 6.45) is 7.12. The Labute approximate surface area is 148 Å². The first kappa shape index (κ1) is 16.1. The lowest BCUT2D eigenvalue weighted by Gasteiger charge is -2.39. The van der Waals surface area contributed by atoms with Crippen molar-refractivity contribution in [2.45, 2.75) is 46.1 Å². The zero-order chi connectivity index (χ0) is 17.4. The molecule has 4 rings (SSSR count). The van der Waals surface area contributed by atoms with Crippen LogP contribution in [0.1, 0.15) is 40.0 Å². The van der Waals surface area contributed by atoms with E-state index in [9.17, 15) is 0 Å². The van der Waals surface area contributed by atoms with Gasteiger partial charge in [0.05, 0.1) is 17.3 Å². The molecule has 1 aromatic carbocycles. The van der Waals surface area contributed by atoms with Crippen molar-refractivity contribution >= 4 is 16.9 Å². The van der Waals surface area contributed by atoms with Gasteiger partial charge in [-0.1, -0.05) is 39.0 Å². The third kappa shape index (κ3) is 3.23. The SMILES string of the molecule is CC1CC(Nc2ncnc3c2cnn3-c2ccccc2)CC(C)(C)C1. The van der Waals surface area contributed by atoms with Gasteiger partial charge in [-0.25, -0.2) is 14.6 Å². The van der Waals surface area contributed by atoms with Gasteiger partial charge in [-0.3, -0.25) is 0 Å². The second-order valence-corrected chi connectivity index (χ2v) is 8.11. The third-order valence-corrected chi connectivity index (χ3v) is 5.09. The first-order chi connectivity index (χ1) is 12.0. The van der Waals surface area contributed by atoms with Crippen LogP contribution in [0.5, 0.6) is 0 Å². The van der Waals surface area contributed by atoms with Crippen LogP contribution < -0.4 is 5.32 Å². The maximum atomic E-state index is 4.54. The van der Waals surface area contributed by atoms with Crippen molar-refractivity contribution in [1.29, 1.82) is 0 Å². The predicted molar refractivity (Wildman–Crippen MR) is 101 cm³/mol. The van der Waals surface area contributed by atoms with Crippen LogP contribution in [0.3, 0.4) is 0 Å². The van der Waals surface area contributed by atoms with E-state index in [1.165, 1.54) is 12.8 Å². The van der Waals surface area contributed by atoms with Crippen LogP contribution in [0, 0.1) is 11.3 Å². The average Bonchev–Trinajstić information content (AvgIpc) is 2.99. The van der Waals surface area contributed by atoms with E-state index >= 15 is 0 Å². The number of benzene rings is 1. The molecule has 0 amide bonds. The molecule has 2 aromatic heterocycles. The zero-order valence-corrected chi connectivity index (χ0v) is 15.1. The minimum Gasteiger partial charge on any atom is -0.367 e. The van der Waals surface area contributed by atoms with Gasteiger partial charge < -0.3 is 5.32 Å². The fourth-order valence-electron chi connectivity index (χ4n) is 4.37. The lowest BCUT2D eigenvalue weighted by Crippen LogP contribution is -2.35. The van der Waals surface area contributed by atoms with Crippen LogP contribution in [-0.2, 0) is 0 Å². The van der Waals surface area contributed by atoms with Crippen molar-refractivity contribution in [3.8, 4) is 5.69 Å². The van der Waals surface area contributed by atoms with Gasteiger partial charge in [0.2, 0.25) is 0 Å². The standard InChI is InChI=1S/C20H25N5/c1-14-9-15(11-20(2,3)10-14)24-18-17-12-23-25(19(17)22-13-21-18)16-7-5-4-6-8-16/h4-8,12-15H,9-11H2,1-3H3,(H,21,22,24). The Bertz CT molecular complexity index is 868. The van der Waals surface area contributed by atoms with Crippen LogP contribution in [0.2, 0.25) is 0 Å². The molecular formula is C20H25N5. The van der Waals surface area contributed by atoms with Gasteiger partial charge in [-0.15, -0.1) is 0 Å². The zero-order valence-electron chi connectivity index (χ0n) is 15.1. The molecule has 0 bridgehead atoms. The van der Waals surface area contributed by atoms with Crippen LogP contribution in [0.4, 0.5) is 5.82 Å². The van der Waals surface area contributed by atoms with E-state index in [-0.39, 0.29) is 0 Å². The molecule has 25 heavy (non-hydrogen) atoms. The summed E-state index contributed by atoms with van der Waals surface area (Å²) in [5.41, 5.74) is 2.22. The minimum absolute atomic E-state index is 0.371. The second-order valence-electron chi connectivity index (χ2n) is 8.11. The molecule has 2 atom stereocenters. The lowest BCUT2D eigenvalue weighted by atomic mass is 9.70. The molecule has 0 saturated heterocycles. The highest BCUT2D eigenvalue weighted by atomic mass is 15.3. The number of anilines is 1. The predicted octanol–water partition coefficient (Wildman–Crippen LogP) is 4.44. The van der Waals surface area contributed by atoms with Crippen LogP contribution in [0.25, 0.3) is 16.7 Å². The fraction of sp³-hybridized carbons (Fsp3) is 0.450. The normalized spacial score (nSPS) is 22.8. The second kappa shape index (κ2) is 6.14. The molecule has 1 fully saturated rings. The Hall–Kier alpha value is -2.43. The summed E-state index contributed by atoms with van der Waals surface area (Å²) in [6, 6.07) is 10.5. The van der Waals surface area contributed by atoms with E-state index in [4.69, 9.17) is 0 Å². The van der Waals surface area contributed by atoms with Crippen molar-refractivity contribution in [3.63, 3.8) is 0 Å². The number of hydrogen-bond acceptors (Lipinski definition) is 4. The molecule has 0 radical (unpaired) electrons. The summed E-state index contributed by atoms with van der Waals surface area (Å²) in [7, 11) is 0. The molecular weight excluding hydrogens is 310 g/mol. The minimum atomic E-state index is 0.371. The number of hydrogen-bond donors (Lipinski definition) is 1. The molecule has 2 unspecified atom stereocenters. The monoisotopic (exact) mass is 335 g/mol. The Balaban J connectivity index is 1.66. The van der Waals surface area contributed by atoms with Gasteiger partial charge >= 0.3 is 0 Å². The van der Waals surface area contributed by atoms with Crippen molar-refractivity contribution < 1.29 is 0 Å². The quantitative estimate of drug-likeness (QED) is 0.768. The number of fused-ring (bicyclic) bond motifs is 1. The number of nitrogens with one attached hydrogen (secondary N) is 1. The molecule has 5 nitrogen and oxygen atoms in total. The number of nitrogens with zero attached hydrogens (tertiary/aromatic N) is 4. The van der Waals surface area contributed by atoms with Gasteiger partial charge in [0.25, 0.3) is 0 Å². The lowest BCUT2D eigenvalue weighted by molar-refractivity contribution is 0.178. The van der Waals surface area contributed by atoms with Gasteiger partial charge in [0.15, 0.2) is 5.65 Å². The summed E-state index contributed by atoms with van der Waals surface area (Å²) >= 11 is 0. The van der Waals surface area contributed by atoms with Gasteiger partial charge in [0, 0.05) is 6.04 Å². The van der Waals surface area contributed by atoms with Crippen LogP contribution >= 0.6 is 0 Å². The summed E-state index contributed by atoms with van der Waals surface area (Å²) < 4.78 is 1.87. The van der Waals surface area contributed by atoms with Crippen LogP contribution in [0.15, 0.2) is 42.9 Å². The Morgan fingerprint density at radius 1 is 1.12 bits per heavy atom. The Morgan fingerprint density at radius 2 is 1.92 bits per heavy atom. The van der Waals surface area contributed by atoms with Crippen molar-refractivity contribution in [2.75, 3.05) is 5.32 Å². The highest BCUT2D eigenvalue weighted by molar-refractivity contribution is 5.87. The van der Waals surface area contributed by atoms with Gasteiger partial charge in [0.1, 0.15) is 12.1 Å². The number of para-hydroxylation sites is 1. The molecule has 1 aliphatic carbocycles. The Morgan fingerprint density at radius 3 is 2.68 bits per heavy atom. The molecule has 1 saturated carbocycles. The van der Waals surface area contributed by atoms with Gasteiger partial charge in [-0.05, 0) is 42.7 Å². The number of rotatable bonds is 3. The molecule has 2 heterocycles. The molecule has 3 aromatic rings. The largest absolute Gasteiger partial charge is 0.367 e. The van der Waals surface area contributed by atoms with E-state index in [0.29, 0.717) is 11.5 Å². The van der Waals surface area contributed by atoms with E-state index in [1.807, 2.05) is 41.2 Å². The maximum absolute atomic E-state index is 4.54. The van der Waals surface area contributed by atoms with E-state index < -0.39 is 0 Å². The maximum Gasteiger partial charge on any atom is 0.168 e. The molecule has 5 heteroatoms. The van der Waals surface area contributed by atoms with Crippen LogP contribution in [-0.4, -0.2) is 25.8 Å². The summed E-state index contributed by atoms with van der Waals surface area (Å²) in [5, 5.41) is 9.18. The molecule has 0 spiro atoms. The topological polar surface area (TPSA) is 55.6 Å². The highest BCUT2D eigenvalue weighted by Gasteiger charge is 2.32. The van der Waals surface area contributed by atoms with Crippen molar-refractivity contribution in [3.05, 3.63) is 42.9 Å². The van der Waals surface area contributed by atoms with E-state index in [0.717, 1.165) is 34.9 Å². The first-order valence-corrected chi connectivity index (χ1v) is 9.02. The fourth-order valence-corrected chi connectivity index (χ4v) is 4.37. The van der Waals surface area contributed by atoms with E-state index in [1.54, 1.807) is 6.33 Å². The molecule has 1 aliphatic rings. The highest BCUT2D eigenvalue weighted by Crippen LogP contribution is 2.39. The van der Waals surface area contributed by atoms with E-state index in [2.05, 4.69) is 41.2 Å². The summed E-state index contributed by atoms with van der Waals surface area (Å²) in [6.45, 7) is 7.07. The molecule has 0 aliphatic heterocycles. The molecule has 130 valence electrons. The number of aromatic nitrogens is 4. The Kier molecular flexibility index (Phi) is 3.94. The summed E-state index contributed by atoms with van der Waals surface area (Å²) in [4.78, 5) is 8.97. The van der Waals surface area contributed by atoms with Crippen molar-refractivity contribution in [1.82, 2.24) is 19.7 Å². The smallest absolute Gasteiger partial charge is 0.168 e. The van der Waals surface area contributed by atoms with Crippen molar-refractivity contribution in [2.24, 2.45) is 11.3 Å². The van der Waals surface area contributed by atoms with Gasteiger partial charge in [-0.2, -0.15) is 5.10 Å². The summed E-state index contributed by atoms with van der Waals surface area (Å²) in [5.74, 6) is 1.62.